The molecule has 0 unspecified atom stereocenters. The first-order chi connectivity index (χ1) is 9.72. The Labute approximate surface area is 130 Å². The Morgan fingerprint density at radius 3 is 2.19 bits per heavy atom. The van der Waals surface area contributed by atoms with Gasteiger partial charge >= 0.3 is 0 Å². The van der Waals surface area contributed by atoms with Crippen LogP contribution in [0, 0.1) is 22.0 Å². The van der Waals surface area contributed by atoms with Gasteiger partial charge in [-0.05, 0) is 24.0 Å². The van der Waals surface area contributed by atoms with Crippen LogP contribution in [0.3, 0.4) is 0 Å². The van der Waals surface area contributed by atoms with Gasteiger partial charge in [-0.15, -0.1) is 0 Å². The number of hydrogen-bond acceptors (Lipinski definition) is 3. The van der Waals surface area contributed by atoms with E-state index in [0.717, 1.165) is 0 Å². The molecule has 1 rings (SSSR count). The van der Waals surface area contributed by atoms with Crippen LogP contribution in [0.1, 0.15) is 38.1 Å². The molecule has 0 atom stereocenters. The van der Waals surface area contributed by atoms with Crippen LogP contribution in [0.4, 0.5) is 5.69 Å². The van der Waals surface area contributed by atoms with Crippen molar-refractivity contribution >= 4 is 23.2 Å². The van der Waals surface area contributed by atoms with Gasteiger partial charge < -0.3 is 4.90 Å². The summed E-state index contributed by atoms with van der Waals surface area (Å²) in [6, 6.07) is 4.07. The number of amides is 1. The first-order valence-electron chi connectivity index (χ1n) is 6.95. The molecule has 0 aromatic heterocycles. The van der Waals surface area contributed by atoms with E-state index >= 15 is 0 Å². The van der Waals surface area contributed by atoms with Crippen molar-refractivity contribution in [1.29, 1.82) is 0 Å². The van der Waals surface area contributed by atoms with Crippen molar-refractivity contribution in [2.45, 2.75) is 27.7 Å². The lowest BCUT2D eigenvalue weighted by Gasteiger charge is -2.26. The van der Waals surface area contributed by atoms with E-state index in [1.807, 2.05) is 27.7 Å². The number of nitro groups is 1. The van der Waals surface area contributed by atoms with Crippen molar-refractivity contribution in [3.8, 4) is 0 Å². The van der Waals surface area contributed by atoms with E-state index in [4.69, 9.17) is 11.6 Å². The van der Waals surface area contributed by atoms with Gasteiger partial charge in [-0.1, -0.05) is 39.3 Å². The monoisotopic (exact) mass is 312 g/mol. The SMILES string of the molecule is CC(C)CN(CC(C)C)C(=O)c1cc(Cl)ccc1[N+](=O)[O-]. The molecule has 0 aliphatic carbocycles. The van der Waals surface area contributed by atoms with Crippen LogP contribution in [0.25, 0.3) is 0 Å². The van der Waals surface area contributed by atoms with Crippen molar-refractivity contribution in [3.05, 3.63) is 38.9 Å². The molecule has 0 spiro atoms. The summed E-state index contributed by atoms with van der Waals surface area (Å²) in [4.78, 5) is 24.9. The quantitative estimate of drug-likeness (QED) is 0.589. The van der Waals surface area contributed by atoms with Crippen molar-refractivity contribution < 1.29 is 9.72 Å². The van der Waals surface area contributed by atoms with Crippen LogP contribution in [0.2, 0.25) is 5.02 Å². The minimum Gasteiger partial charge on any atom is -0.338 e. The highest BCUT2D eigenvalue weighted by molar-refractivity contribution is 6.31. The van der Waals surface area contributed by atoms with Gasteiger partial charge in [0.25, 0.3) is 11.6 Å². The molecule has 0 fully saturated rings. The standard InChI is InChI=1S/C15H21ClN2O3/c1-10(2)8-17(9-11(3)4)15(19)13-7-12(16)5-6-14(13)18(20)21/h5-7,10-11H,8-9H2,1-4H3. The van der Waals surface area contributed by atoms with E-state index in [0.29, 0.717) is 18.1 Å². The maximum absolute atomic E-state index is 12.7. The first kappa shape index (κ1) is 17.4. The molecule has 0 N–H and O–H groups in total. The second kappa shape index (κ2) is 7.41. The number of benzene rings is 1. The van der Waals surface area contributed by atoms with Gasteiger partial charge in [0.2, 0.25) is 0 Å². The molecule has 0 aliphatic heterocycles. The molecule has 21 heavy (non-hydrogen) atoms. The molecule has 6 heteroatoms. The molecule has 0 radical (unpaired) electrons. The number of carbonyl (C=O) groups excluding carboxylic acids is 1. The van der Waals surface area contributed by atoms with E-state index in [2.05, 4.69) is 0 Å². The smallest absolute Gasteiger partial charge is 0.282 e. The minimum atomic E-state index is -0.549. The third-order valence-corrected chi connectivity index (χ3v) is 3.08. The summed E-state index contributed by atoms with van der Waals surface area (Å²) in [6.45, 7) is 9.14. The van der Waals surface area contributed by atoms with E-state index in [1.165, 1.54) is 18.2 Å². The number of nitro benzene ring substituents is 1. The predicted molar refractivity (Wildman–Crippen MR) is 83.7 cm³/mol. The van der Waals surface area contributed by atoms with Crippen molar-refractivity contribution in [2.75, 3.05) is 13.1 Å². The zero-order valence-corrected chi connectivity index (χ0v) is 13.6. The fourth-order valence-corrected chi connectivity index (χ4v) is 2.30. The summed E-state index contributed by atoms with van der Waals surface area (Å²) in [6.07, 6.45) is 0. The summed E-state index contributed by atoms with van der Waals surface area (Å²) >= 11 is 5.89. The highest BCUT2D eigenvalue weighted by Gasteiger charge is 2.25. The van der Waals surface area contributed by atoms with Gasteiger partial charge in [-0.25, -0.2) is 0 Å². The maximum Gasteiger partial charge on any atom is 0.282 e. The van der Waals surface area contributed by atoms with Crippen LogP contribution in [0.5, 0.6) is 0 Å². The van der Waals surface area contributed by atoms with Gasteiger partial charge in [0, 0.05) is 24.2 Å². The highest BCUT2D eigenvalue weighted by atomic mass is 35.5. The number of hydrogen-bond donors (Lipinski definition) is 0. The number of halogens is 1. The van der Waals surface area contributed by atoms with Gasteiger partial charge in [0.05, 0.1) is 4.92 Å². The average Bonchev–Trinajstić information content (AvgIpc) is 2.35. The Bertz CT molecular complexity index is 520. The lowest BCUT2D eigenvalue weighted by Crippen LogP contribution is -2.37. The number of nitrogens with zero attached hydrogens (tertiary/aromatic N) is 2. The van der Waals surface area contributed by atoms with Crippen LogP contribution in [-0.4, -0.2) is 28.8 Å². The van der Waals surface area contributed by atoms with Gasteiger partial charge in [-0.3, -0.25) is 14.9 Å². The molecule has 0 heterocycles. The summed E-state index contributed by atoms with van der Waals surface area (Å²) in [5.41, 5.74) is -0.157. The van der Waals surface area contributed by atoms with Gasteiger partial charge in [0.1, 0.15) is 5.56 Å². The second-order valence-corrected chi connectivity index (χ2v) is 6.35. The third kappa shape index (κ3) is 5.01. The van der Waals surface area contributed by atoms with Crippen LogP contribution >= 0.6 is 11.6 Å². The zero-order valence-electron chi connectivity index (χ0n) is 12.8. The van der Waals surface area contributed by atoms with E-state index in [-0.39, 0.29) is 29.0 Å². The van der Waals surface area contributed by atoms with Gasteiger partial charge in [0.15, 0.2) is 0 Å². The Balaban J connectivity index is 3.18. The lowest BCUT2D eigenvalue weighted by molar-refractivity contribution is -0.385. The molecule has 0 bridgehead atoms. The van der Waals surface area contributed by atoms with E-state index in [1.54, 1.807) is 4.90 Å². The maximum atomic E-state index is 12.7. The van der Waals surface area contributed by atoms with Crippen molar-refractivity contribution in [3.63, 3.8) is 0 Å². The molecule has 5 nitrogen and oxygen atoms in total. The Morgan fingerprint density at radius 1 is 1.24 bits per heavy atom. The number of carbonyl (C=O) groups is 1. The topological polar surface area (TPSA) is 63.5 Å². The van der Waals surface area contributed by atoms with Gasteiger partial charge in [-0.2, -0.15) is 0 Å². The largest absolute Gasteiger partial charge is 0.338 e. The predicted octanol–water partition coefficient (Wildman–Crippen LogP) is 4.00. The van der Waals surface area contributed by atoms with Crippen molar-refractivity contribution in [2.24, 2.45) is 11.8 Å². The summed E-state index contributed by atoms with van der Waals surface area (Å²) in [5.74, 6) is 0.225. The molecule has 116 valence electrons. The highest BCUT2D eigenvalue weighted by Crippen LogP contribution is 2.24. The summed E-state index contributed by atoms with van der Waals surface area (Å²) in [5, 5.41) is 11.4. The number of rotatable bonds is 6. The molecule has 0 aliphatic rings. The second-order valence-electron chi connectivity index (χ2n) is 5.92. The van der Waals surface area contributed by atoms with Crippen molar-refractivity contribution in [1.82, 2.24) is 4.90 Å². The zero-order chi connectivity index (χ0) is 16.2. The Morgan fingerprint density at radius 2 is 1.76 bits per heavy atom. The fraction of sp³-hybridized carbons (Fsp3) is 0.533. The van der Waals surface area contributed by atoms with Crippen LogP contribution in [-0.2, 0) is 0 Å². The first-order valence-corrected chi connectivity index (χ1v) is 7.33. The molecule has 0 saturated heterocycles. The van der Waals surface area contributed by atoms with Crippen LogP contribution < -0.4 is 0 Å². The molecular weight excluding hydrogens is 292 g/mol. The molecule has 1 aromatic rings. The normalized spacial score (nSPS) is 11.0. The molecule has 1 amide bonds. The average molecular weight is 313 g/mol. The molecular formula is C15H21ClN2O3. The van der Waals surface area contributed by atoms with E-state index in [9.17, 15) is 14.9 Å². The molecule has 1 aromatic carbocycles. The summed E-state index contributed by atoms with van der Waals surface area (Å²) < 4.78 is 0. The lowest BCUT2D eigenvalue weighted by atomic mass is 10.1. The third-order valence-electron chi connectivity index (χ3n) is 2.84. The van der Waals surface area contributed by atoms with Crippen LogP contribution in [0.15, 0.2) is 18.2 Å². The Hall–Kier alpha value is -1.62. The minimum absolute atomic E-state index is 0.0498. The fourth-order valence-electron chi connectivity index (χ4n) is 2.13. The van der Waals surface area contributed by atoms with E-state index < -0.39 is 4.92 Å². The summed E-state index contributed by atoms with van der Waals surface area (Å²) in [7, 11) is 0. The molecule has 0 saturated carbocycles. The Kier molecular flexibility index (Phi) is 6.15.